The van der Waals surface area contributed by atoms with Crippen molar-refractivity contribution < 1.29 is 27.9 Å². The molecular weight excluding hydrogens is 416 g/mol. The molecule has 2 rings (SSSR count). The number of carboxylic acid groups (broad SMARTS) is 1. The smallest absolute Gasteiger partial charge is 0.323 e. The van der Waals surface area contributed by atoms with E-state index in [9.17, 15) is 27.9 Å². The lowest BCUT2D eigenvalue weighted by molar-refractivity contribution is -0.138. The van der Waals surface area contributed by atoms with E-state index in [0.717, 1.165) is 18.9 Å². The van der Waals surface area contributed by atoms with Gasteiger partial charge in [-0.25, -0.2) is 13.6 Å². The van der Waals surface area contributed by atoms with Crippen LogP contribution in [0, 0.1) is 0 Å². The Kier molecular flexibility index (Phi) is 6.90. The summed E-state index contributed by atoms with van der Waals surface area (Å²) in [5.41, 5.74) is -0.114. The number of nitrogens with zero attached hydrogens (tertiary/aromatic N) is 1. The predicted octanol–water partition coefficient (Wildman–Crippen LogP) is 2.10. The number of hydrogen-bond acceptors (Lipinski definition) is 6. The number of halogens is 1. The van der Waals surface area contributed by atoms with Gasteiger partial charge < -0.3 is 10.0 Å². The molecule has 0 aromatic heterocycles. The van der Waals surface area contributed by atoms with Crippen LogP contribution in [-0.4, -0.2) is 48.0 Å². The van der Waals surface area contributed by atoms with E-state index in [4.69, 9.17) is 16.7 Å². The maximum Gasteiger partial charge on any atom is 0.323 e. The number of carbonyl (C=O) groups is 3. The summed E-state index contributed by atoms with van der Waals surface area (Å²) in [6.07, 6.45) is 3.05. The number of thioether (sulfide) groups is 1. The van der Waals surface area contributed by atoms with Crippen LogP contribution in [0.5, 0.6) is 0 Å². The maximum atomic E-state index is 13.1. The quantitative estimate of drug-likeness (QED) is 0.654. The van der Waals surface area contributed by atoms with Crippen LogP contribution in [0.25, 0.3) is 0 Å². The van der Waals surface area contributed by atoms with E-state index in [1.807, 2.05) is 0 Å². The van der Waals surface area contributed by atoms with Crippen LogP contribution >= 0.6 is 23.4 Å². The largest absolute Gasteiger partial charge is 0.480 e. The highest BCUT2D eigenvalue weighted by Crippen LogP contribution is 2.34. The highest BCUT2D eigenvalue weighted by Gasteiger charge is 2.32. The Morgan fingerprint density at radius 2 is 1.89 bits per heavy atom. The number of aliphatic carboxylic acids is 1. The van der Waals surface area contributed by atoms with Gasteiger partial charge in [0.1, 0.15) is 11.4 Å². The number of primary sulfonamides is 1. The number of benzene rings is 1. The molecule has 8 nitrogen and oxygen atoms in total. The Morgan fingerprint density at radius 3 is 2.37 bits per heavy atom. The minimum atomic E-state index is -4.22. The first-order valence-corrected chi connectivity index (χ1v) is 10.8. The number of hydrogen-bond donors (Lipinski definition) is 2. The van der Waals surface area contributed by atoms with Gasteiger partial charge in [0.25, 0.3) is 5.91 Å². The molecule has 3 N–H and O–H groups in total. The van der Waals surface area contributed by atoms with E-state index in [1.165, 1.54) is 17.9 Å². The Balaban J connectivity index is 2.58. The summed E-state index contributed by atoms with van der Waals surface area (Å²) >= 11 is 6.67. The fraction of sp³-hybridized carbons (Fsp3) is 0.438. The molecule has 0 aliphatic heterocycles. The molecule has 0 spiro atoms. The summed E-state index contributed by atoms with van der Waals surface area (Å²) in [6, 6.07) is 1.93. The molecule has 1 aromatic carbocycles. The third kappa shape index (κ3) is 5.44. The molecule has 0 radical (unpaired) electrons. The van der Waals surface area contributed by atoms with Crippen molar-refractivity contribution in [2.24, 2.45) is 5.14 Å². The van der Waals surface area contributed by atoms with Crippen molar-refractivity contribution in [3.8, 4) is 0 Å². The van der Waals surface area contributed by atoms with Crippen LogP contribution in [0.2, 0.25) is 5.02 Å². The minimum Gasteiger partial charge on any atom is -0.480 e. The van der Waals surface area contributed by atoms with Crippen LogP contribution in [0.15, 0.2) is 21.9 Å². The fourth-order valence-electron chi connectivity index (χ4n) is 3.04. The van der Waals surface area contributed by atoms with Gasteiger partial charge in [-0.15, -0.1) is 0 Å². The molecule has 1 aromatic rings. The molecule has 11 heteroatoms. The van der Waals surface area contributed by atoms with Crippen LogP contribution < -0.4 is 5.14 Å². The molecule has 1 aliphatic carbocycles. The summed E-state index contributed by atoms with van der Waals surface area (Å²) in [5, 5.41) is 13.8. The summed E-state index contributed by atoms with van der Waals surface area (Å²) in [7, 11) is -4.22. The van der Waals surface area contributed by atoms with Crippen molar-refractivity contribution in [3.05, 3.63) is 22.7 Å². The number of rotatable bonds is 6. The van der Waals surface area contributed by atoms with Crippen LogP contribution in [-0.2, 0) is 19.6 Å². The van der Waals surface area contributed by atoms with Crippen molar-refractivity contribution in [2.75, 3.05) is 6.54 Å². The van der Waals surface area contributed by atoms with Crippen LogP contribution in [0.1, 0.15) is 43.0 Å². The lowest BCUT2D eigenvalue weighted by Crippen LogP contribution is -2.42. The Morgan fingerprint density at radius 1 is 1.30 bits per heavy atom. The fourth-order valence-corrected chi connectivity index (χ4v) is 4.95. The Hall–Kier alpha value is -1.62. The highest BCUT2D eigenvalue weighted by atomic mass is 35.5. The van der Waals surface area contributed by atoms with Crippen LogP contribution in [0.4, 0.5) is 0 Å². The minimum absolute atomic E-state index is 0.114. The van der Waals surface area contributed by atoms with E-state index < -0.39 is 33.3 Å². The van der Waals surface area contributed by atoms with Gasteiger partial charge in [-0.2, -0.15) is 0 Å². The predicted molar refractivity (Wildman–Crippen MR) is 100 cm³/mol. The zero-order chi connectivity index (χ0) is 20.4. The summed E-state index contributed by atoms with van der Waals surface area (Å²) in [4.78, 5) is 36.8. The molecule has 0 saturated heterocycles. The molecule has 0 atom stereocenters. The number of carboxylic acids is 1. The maximum absolute atomic E-state index is 13.1. The standard InChI is InChI=1S/C16H19ClN2O6S2/c1-9(20)26-13-7-12(17)14(27(18,24)25)6-11(13)16(23)19(8-15(21)22)10-4-2-3-5-10/h6-7,10H,2-5,8H2,1H3,(H,21,22)(H2,18,24,25). The first-order chi connectivity index (χ1) is 12.5. The molecular formula is C16H19ClN2O6S2. The zero-order valence-corrected chi connectivity index (χ0v) is 16.9. The first kappa shape index (κ1) is 21.7. The number of carbonyl (C=O) groups excluding carboxylic acids is 2. The lowest BCUT2D eigenvalue weighted by Gasteiger charge is -2.28. The van der Waals surface area contributed by atoms with Crippen LogP contribution in [0.3, 0.4) is 0 Å². The molecule has 1 aliphatic rings. The van der Waals surface area contributed by atoms with Crippen molar-refractivity contribution >= 4 is 50.4 Å². The number of nitrogens with two attached hydrogens (primary N) is 1. The van der Waals surface area contributed by atoms with Crippen molar-refractivity contribution in [1.82, 2.24) is 4.90 Å². The van der Waals surface area contributed by atoms with Crippen molar-refractivity contribution in [3.63, 3.8) is 0 Å². The molecule has 27 heavy (non-hydrogen) atoms. The van der Waals surface area contributed by atoms with Gasteiger partial charge in [-0.05, 0) is 25.0 Å². The third-order valence-electron chi connectivity index (χ3n) is 4.16. The van der Waals surface area contributed by atoms with Gasteiger partial charge in [0.2, 0.25) is 10.0 Å². The molecule has 148 valence electrons. The van der Waals surface area contributed by atoms with E-state index in [1.54, 1.807) is 0 Å². The van der Waals surface area contributed by atoms with E-state index in [0.29, 0.717) is 24.6 Å². The molecule has 0 unspecified atom stereocenters. The van der Waals surface area contributed by atoms with Gasteiger partial charge in [-0.3, -0.25) is 14.4 Å². The molecule has 1 saturated carbocycles. The van der Waals surface area contributed by atoms with Gasteiger partial charge in [0, 0.05) is 17.9 Å². The van der Waals surface area contributed by atoms with E-state index in [2.05, 4.69) is 0 Å². The van der Waals surface area contributed by atoms with Gasteiger partial charge >= 0.3 is 5.97 Å². The number of sulfonamides is 1. The SMILES string of the molecule is CC(=O)Sc1cc(Cl)c(S(N)(=O)=O)cc1C(=O)N(CC(=O)O)C1CCCC1. The first-order valence-electron chi connectivity index (χ1n) is 8.08. The molecule has 0 bridgehead atoms. The summed E-state index contributed by atoms with van der Waals surface area (Å²) in [6.45, 7) is 0.757. The topological polar surface area (TPSA) is 135 Å². The summed E-state index contributed by atoms with van der Waals surface area (Å²) in [5.74, 6) is -1.86. The number of amides is 1. The van der Waals surface area contributed by atoms with Gasteiger partial charge in [0.05, 0.1) is 10.6 Å². The third-order valence-corrected chi connectivity index (χ3v) is 6.38. The molecule has 0 heterocycles. The molecule has 1 fully saturated rings. The molecule has 1 amide bonds. The average molecular weight is 435 g/mol. The van der Waals surface area contributed by atoms with E-state index in [-0.39, 0.29) is 26.6 Å². The normalized spacial score (nSPS) is 14.9. The van der Waals surface area contributed by atoms with Gasteiger partial charge in [-0.1, -0.05) is 36.2 Å². The van der Waals surface area contributed by atoms with Gasteiger partial charge in [0.15, 0.2) is 5.12 Å². The lowest BCUT2D eigenvalue weighted by atomic mass is 10.1. The average Bonchev–Trinajstić information content (AvgIpc) is 3.04. The van der Waals surface area contributed by atoms with Crippen molar-refractivity contribution in [1.29, 1.82) is 0 Å². The zero-order valence-electron chi connectivity index (χ0n) is 14.5. The second-order valence-electron chi connectivity index (χ2n) is 6.18. The Labute approximate surface area is 166 Å². The van der Waals surface area contributed by atoms with Crippen molar-refractivity contribution in [2.45, 2.75) is 48.4 Å². The van der Waals surface area contributed by atoms with E-state index >= 15 is 0 Å². The second kappa shape index (κ2) is 8.59. The highest BCUT2D eigenvalue weighted by molar-refractivity contribution is 8.13. The Bertz CT molecular complexity index is 881. The second-order valence-corrected chi connectivity index (χ2v) is 9.34. The monoisotopic (exact) mass is 434 g/mol. The summed E-state index contributed by atoms with van der Waals surface area (Å²) < 4.78 is 23.5.